The maximum Gasteiger partial charge on any atom is 0.258 e. The van der Waals surface area contributed by atoms with E-state index in [-0.39, 0.29) is 5.56 Å². The third kappa shape index (κ3) is 4.35. The fourth-order valence-electron chi connectivity index (χ4n) is 3.46. The van der Waals surface area contributed by atoms with Gasteiger partial charge >= 0.3 is 0 Å². The first kappa shape index (κ1) is 21.2. The molecule has 0 saturated carbocycles. The molecule has 0 aliphatic heterocycles. The summed E-state index contributed by atoms with van der Waals surface area (Å²) in [5, 5.41) is 10.1. The number of methoxy groups -OCH3 is 1. The molecule has 0 spiro atoms. The number of thioether (sulfide) groups is 1. The molecule has 0 saturated heterocycles. The molecule has 3 heterocycles. The zero-order valence-corrected chi connectivity index (χ0v) is 19.1. The number of pyridine rings is 1. The van der Waals surface area contributed by atoms with Gasteiger partial charge in [-0.15, -0.1) is 10.2 Å². The van der Waals surface area contributed by atoms with Crippen LogP contribution in [0.5, 0.6) is 5.75 Å². The SMILES string of the molecule is COc1cccc(-c2nnc(SCc3cc(=O)n4cc(Cl)ccc4n3)n2-c2ccccc2)c1. The molecule has 0 unspecified atom stereocenters. The van der Waals surface area contributed by atoms with Gasteiger partial charge in [0.25, 0.3) is 5.56 Å². The Balaban J connectivity index is 1.52. The van der Waals surface area contributed by atoms with E-state index in [1.54, 1.807) is 25.4 Å². The Morgan fingerprint density at radius 2 is 1.85 bits per heavy atom. The van der Waals surface area contributed by atoms with Crippen LogP contribution < -0.4 is 10.3 Å². The Labute approximate surface area is 198 Å². The molecule has 0 radical (unpaired) electrons. The summed E-state index contributed by atoms with van der Waals surface area (Å²) in [5.74, 6) is 1.89. The lowest BCUT2D eigenvalue weighted by Crippen LogP contribution is -2.15. The van der Waals surface area contributed by atoms with Crippen LogP contribution in [0.4, 0.5) is 0 Å². The molecule has 0 aliphatic rings. The Hall–Kier alpha value is -3.62. The van der Waals surface area contributed by atoms with E-state index >= 15 is 0 Å². The van der Waals surface area contributed by atoms with E-state index in [1.165, 1.54) is 22.2 Å². The number of para-hydroxylation sites is 1. The fourth-order valence-corrected chi connectivity index (χ4v) is 4.47. The standard InChI is InChI=1S/C24H18ClN5O2S/c1-32-20-9-5-6-16(12-20)23-27-28-24(30(23)19-7-3-2-4-8-19)33-15-18-13-22(31)29-14-17(25)10-11-21(29)26-18/h2-14H,15H2,1H3. The summed E-state index contributed by atoms with van der Waals surface area (Å²) in [6.45, 7) is 0. The highest BCUT2D eigenvalue weighted by Gasteiger charge is 2.17. The fraction of sp³-hybridized carbons (Fsp3) is 0.0833. The maximum absolute atomic E-state index is 12.5. The number of hydrogen-bond acceptors (Lipinski definition) is 6. The van der Waals surface area contributed by atoms with E-state index in [2.05, 4.69) is 15.2 Å². The number of benzene rings is 2. The molecule has 0 aliphatic carbocycles. The minimum atomic E-state index is -0.181. The van der Waals surface area contributed by atoms with Crippen molar-refractivity contribution in [2.45, 2.75) is 10.9 Å². The first-order chi connectivity index (χ1) is 16.1. The van der Waals surface area contributed by atoms with Crippen LogP contribution in [0.1, 0.15) is 5.69 Å². The highest BCUT2D eigenvalue weighted by atomic mass is 35.5. The Bertz CT molecular complexity index is 1500. The Kier molecular flexibility index (Phi) is 5.85. The summed E-state index contributed by atoms with van der Waals surface area (Å²) in [5.41, 5.74) is 2.84. The lowest BCUT2D eigenvalue weighted by atomic mass is 10.2. The summed E-state index contributed by atoms with van der Waals surface area (Å²) < 4.78 is 8.80. The molecule has 33 heavy (non-hydrogen) atoms. The van der Waals surface area contributed by atoms with Gasteiger partial charge in [-0.3, -0.25) is 13.8 Å². The molecule has 0 atom stereocenters. The van der Waals surface area contributed by atoms with Crippen molar-refractivity contribution < 1.29 is 4.74 Å². The van der Waals surface area contributed by atoms with Crippen LogP contribution in [-0.2, 0) is 5.75 Å². The molecule has 7 nitrogen and oxygen atoms in total. The second kappa shape index (κ2) is 9.09. The topological polar surface area (TPSA) is 74.3 Å². The predicted octanol–water partition coefficient (Wildman–Crippen LogP) is 4.90. The number of nitrogens with zero attached hydrogens (tertiary/aromatic N) is 5. The smallest absolute Gasteiger partial charge is 0.258 e. The number of ether oxygens (including phenoxy) is 1. The molecule has 5 rings (SSSR count). The summed E-state index contributed by atoms with van der Waals surface area (Å²) >= 11 is 7.46. The third-order valence-electron chi connectivity index (χ3n) is 5.00. The van der Waals surface area contributed by atoms with Crippen molar-refractivity contribution in [1.82, 2.24) is 24.1 Å². The van der Waals surface area contributed by atoms with Gasteiger partial charge < -0.3 is 4.74 Å². The zero-order valence-electron chi connectivity index (χ0n) is 17.6. The van der Waals surface area contributed by atoms with Crippen LogP contribution >= 0.6 is 23.4 Å². The van der Waals surface area contributed by atoms with Gasteiger partial charge in [-0.2, -0.15) is 0 Å². The largest absolute Gasteiger partial charge is 0.497 e. The molecule has 2 aromatic carbocycles. The number of fused-ring (bicyclic) bond motifs is 1. The van der Waals surface area contributed by atoms with Gasteiger partial charge in [0.1, 0.15) is 11.4 Å². The molecule has 5 aromatic rings. The van der Waals surface area contributed by atoms with E-state index < -0.39 is 0 Å². The van der Waals surface area contributed by atoms with Crippen molar-refractivity contribution in [3.63, 3.8) is 0 Å². The van der Waals surface area contributed by atoms with Crippen molar-refractivity contribution in [2.75, 3.05) is 7.11 Å². The quantitative estimate of drug-likeness (QED) is 0.325. The van der Waals surface area contributed by atoms with Gasteiger partial charge in [-0.05, 0) is 36.4 Å². The second-order valence-electron chi connectivity index (χ2n) is 7.16. The van der Waals surface area contributed by atoms with Crippen molar-refractivity contribution in [3.05, 3.63) is 100 Å². The normalized spacial score (nSPS) is 11.1. The summed E-state index contributed by atoms with van der Waals surface area (Å²) in [6, 6.07) is 22.6. The second-order valence-corrected chi connectivity index (χ2v) is 8.54. The monoisotopic (exact) mass is 475 g/mol. The van der Waals surface area contributed by atoms with Crippen LogP contribution in [0, 0.1) is 0 Å². The number of hydrogen-bond donors (Lipinski definition) is 0. The third-order valence-corrected chi connectivity index (χ3v) is 6.19. The summed E-state index contributed by atoms with van der Waals surface area (Å²) in [7, 11) is 1.63. The molecule has 3 aromatic heterocycles. The van der Waals surface area contributed by atoms with Crippen LogP contribution in [-0.4, -0.2) is 31.3 Å². The summed E-state index contributed by atoms with van der Waals surface area (Å²) in [6.07, 6.45) is 1.57. The van der Waals surface area contributed by atoms with E-state index in [0.29, 0.717) is 33.1 Å². The van der Waals surface area contributed by atoms with Gasteiger partial charge in [-0.1, -0.05) is 53.7 Å². The Morgan fingerprint density at radius 3 is 2.67 bits per heavy atom. The van der Waals surface area contributed by atoms with Gasteiger partial charge in [0, 0.05) is 29.3 Å². The van der Waals surface area contributed by atoms with Crippen molar-refractivity contribution in [1.29, 1.82) is 0 Å². The molecule has 0 fully saturated rings. The van der Waals surface area contributed by atoms with Gasteiger partial charge in [0.05, 0.1) is 17.8 Å². The van der Waals surface area contributed by atoms with Crippen LogP contribution in [0.25, 0.3) is 22.7 Å². The van der Waals surface area contributed by atoms with Crippen LogP contribution in [0.3, 0.4) is 0 Å². The highest BCUT2D eigenvalue weighted by molar-refractivity contribution is 7.98. The minimum Gasteiger partial charge on any atom is -0.497 e. The van der Waals surface area contributed by atoms with E-state index in [0.717, 1.165) is 17.0 Å². The zero-order chi connectivity index (χ0) is 22.8. The average molecular weight is 476 g/mol. The molecule has 9 heteroatoms. The van der Waals surface area contributed by atoms with Crippen molar-refractivity contribution >= 4 is 29.0 Å². The van der Waals surface area contributed by atoms with Gasteiger partial charge in [-0.25, -0.2) is 4.98 Å². The molecule has 0 N–H and O–H groups in total. The number of aromatic nitrogens is 5. The lowest BCUT2D eigenvalue weighted by molar-refractivity contribution is 0.415. The molecular formula is C24H18ClN5O2S. The van der Waals surface area contributed by atoms with E-state index in [4.69, 9.17) is 16.3 Å². The van der Waals surface area contributed by atoms with Gasteiger partial charge in [0.15, 0.2) is 11.0 Å². The lowest BCUT2D eigenvalue weighted by Gasteiger charge is -2.11. The highest BCUT2D eigenvalue weighted by Crippen LogP contribution is 2.30. The molecule has 0 amide bonds. The molecule has 164 valence electrons. The predicted molar refractivity (Wildman–Crippen MR) is 129 cm³/mol. The van der Waals surface area contributed by atoms with E-state index in [9.17, 15) is 4.79 Å². The summed E-state index contributed by atoms with van der Waals surface area (Å²) in [4.78, 5) is 17.1. The van der Waals surface area contributed by atoms with Crippen molar-refractivity contribution in [2.24, 2.45) is 0 Å². The number of rotatable bonds is 6. The van der Waals surface area contributed by atoms with Crippen LogP contribution in [0.15, 0.2) is 88.9 Å². The van der Waals surface area contributed by atoms with Gasteiger partial charge in [0.2, 0.25) is 0 Å². The maximum atomic E-state index is 12.5. The van der Waals surface area contributed by atoms with Crippen LogP contribution in [0.2, 0.25) is 5.02 Å². The first-order valence-electron chi connectivity index (χ1n) is 10.1. The number of halogens is 1. The molecular weight excluding hydrogens is 458 g/mol. The first-order valence-corrected chi connectivity index (χ1v) is 11.4. The Morgan fingerprint density at radius 1 is 1.00 bits per heavy atom. The molecule has 0 bridgehead atoms. The van der Waals surface area contributed by atoms with E-state index in [1.807, 2.05) is 59.2 Å². The van der Waals surface area contributed by atoms with Crippen molar-refractivity contribution in [3.8, 4) is 22.8 Å². The average Bonchev–Trinajstić information content (AvgIpc) is 3.28. The minimum absolute atomic E-state index is 0.181.